The van der Waals surface area contributed by atoms with Crippen molar-refractivity contribution < 1.29 is 19.1 Å². The minimum absolute atomic E-state index is 0.353. The number of nitrogens with one attached hydrogen (secondary N) is 1. The van der Waals surface area contributed by atoms with Gasteiger partial charge in [-0.3, -0.25) is 4.79 Å². The molecule has 0 fully saturated rings. The van der Waals surface area contributed by atoms with Gasteiger partial charge < -0.3 is 9.47 Å². The van der Waals surface area contributed by atoms with Crippen LogP contribution in [0.25, 0.3) is 10.8 Å². The first-order valence-electron chi connectivity index (χ1n) is 11.2. The van der Waals surface area contributed by atoms with E-state index in [0.717, 1.165) is 25.3 Å². The first-order chi connectivity index (χ1) is 17.4. The number of carbonyl (C=O) groups is 2. The first-order valence-corrected chi connectivity index (χ1v) is 12.8. The highest BCUT2D eigenvalue weighted by molar-refractivity contribution is 9.11. The van der Waals surface area contributed by atoms with Gasteiger partial charge in [0.2, 0.25) is 0 Å². The van der Waals surface area contributed by atoms with E-state index < -0.39 is 12.1 Å². The van der Waals surface area contributed by atoms with E-state index in [1.807, 2.05) is 43.3 Å². The van der Waals surface area contributed by atoms with Gasteiger partial charge in [0.1, 0.15) is 11.5 Å². The smallest absolute Gasteiger partial charge is 0.343 e. The lowest BCUT2D eigenvalue weighted by Crippen LogP contribution is -2.35. The van der Waals surface area contributed by atoms with Crippen molar-refractivity contribution in [1.82, 2.24) is 5.43 Å². The molecular formula is C28H22Br2N2O4. The van der Waals surface area contributed by atoms with E-state index in [2.05, 4.69) is 42.4 Å². The molecule has 6 nitrogen and oxygen atoms in total. The zero-order valence-corrected chi connectivity index (χ0v) is 22.5. The molecule has 0 aliphatic heterocycles. The van der Waals surface area contributed by atoms with E-state index in [4.69, 9.17) is 9.47 Å². The maximum Gasteiger partial charge on any atom is 0.343 e. The third kappa shape index (κ3) is 6.38. The van der Waals surface area contributed by atoms with Crippen molar-refractivity contribution in [3.63, 3.8) is 0 Å². The van der Waals surface area contributed by atoms with Crippen LogP contribution in [0.4, 0.5) is 0 Å². The van der Waals surface area contributed by atoms with Crippen LogP contribution < -0.4 is 14.9 Å². The summed E-state index contributed by atoms with van der Waals surface area (Å²) < 4.78 is 13.1. The summed E-state index contributed by atoms with van der Waals surface area (Å²) in [5.74, 6) is 0.200. The molecule has 4 aromatic carbocycles. The number of carbonyl (C=O) groups excluding carboxylic acids is 2. The molecule has 0 aliphatic rings. The number of esters is 1. The Morgan fingerprint density at radius 1 is 0.944 bits per heavy atom. The summed E-state index contributed by atoms with van der Waals surface area (Å²) in [4.78, 5) is 24.9. The number of halogens is 2. The minimum atomic E-state index is -0.708. The summed E-state index contributed by atoms with van der Waals surface area (Å²) in [5, 5.41) is 6.13. The molecule has 0 aromatic heterocycles. The molecule has 0 heterocycles. The number of hydrogen-bond acceptors (Lipinski definition) is 5. The number of hydrazone groups is 1. The van der Waals surface area contributed by atoms with Gasteiger partial charge in [0.15, 0.2) is 6.10 Å². The Balaban J connectivity index is 1.33. The average Bonchev–Trinajstić information content (AvgIpc) is 2.90. The number of fused-ring (bicyclic) bond motifs is 1. The summed E-state index contributed by atoms with van der Waals surface area (Å²) in [6.07, 6.45) is 1.27. The van der Waals surface area contributed by atoms with Crippen molar-refractivity contribution in [1.29, 1.82) is 0 Å². The molecule has 1 N–H and O–H groups in total. The Morgan fingerprint density at radius 2 is 1.67 bits per heavy atom. The molecule has 1 amide bonds. The number of ether oxygens (including phenoxy) is 2. The number of hydrogen-bond donors (Lipinski definition) is 1. The molecule has 0 saturated carbocycles. The summed E-state index contributed by atoms with van der Waals surface area (Å²) >= 11 is 6.93. The first kappa shape index (κ1) is 25.6. The van der Waals surface area contributed by atoms with Crippen LogP contribution >= 0.6 is 31.9 Å². The highest BCUT2D eigenvalue weighted by Crippen LogP contribution is 2.33. The van der Waals surface area contributed by atoms with E-state index in [-0.39, 0.29) is 5.91 Å². The van der Waals surface area contributed by atoms with Crippen LogP contribution in [0, 0.1) is 0 Å². The summed E-state index contributed by atoms with van der Waals surface area (Å²) in [6, 6.07) is 25.4. The third-order valence-corrected chi connectivity index (χ3v) is 6.67. The minimum Gasteiger partial charge on any atom is -0.479 e. The number of nitrogens with zero attached hydrogens (tertiary/aromatic N) is 1. The zero-order chi connectivity index (χ0) is 25.5. The molecule has 1 atom stereocenters. The van der Waals surface area contributed by atoms with Gasteiger partial charge in [0.05, 0.1) is 16.3 Å². The van der Waals surface area contributed by atoms with E-state index in [1.54, 1.807) is 48.5 Å². The van der Waals surface area contributed by atoms with Gasteiger partial charge in [-0.05, 0) is 93.3 Å². The topological polar surface area (TPSA) is 77.0 Å². The van der Waals surface area contributed by atoms with Crippen LogP contribution in [0.5, 0.6) is 11.5 Å². The lowest BCUT2D eigenvalue weighted by Gasteiger charge is -2.17. The van der Waals surface area contributed by atoms with Crippen molar-refractivity contribution in [3.8, 4) is 11.5 Å². The SMILES string of the molecule is CCC(Oc1ccc2ccccc2c1Br)C(=O)N/N=C/c1ccc(OC(=O)c2ccc(Br)cc2)cc1. The summed E-state index contributed by atoms with van der Waals surface area (Å²) in [5.41, 5.74) is 3.71. The monoisotopic (exact) mass is 608 g/mol. The molecule has 4 rings (SSSR count). The molecule has 4 aromatic rings. The highest BCUT2D eigenvalue weighted by atomic mass is 79.9. The van der Waals surface area contributed by atoms with Crippen LogP contribution in [0.2, 0.25) is 0 Å². The van der Waals surface area contributed by atoms with E-state index in [1.165, 1.54) is 6.21 Å². The molecule has 182 valence electrons. The van der Waals surface area contributed by atoms with Crippen LogP contribution in [0.15, 0.2) is 99.0 Å². The molecule has 1 unspecified atom stereocenters. The summed E-state index contributed by atoms with van der Waals surface area (Å²) in [7, 11) is 0. The second-order valence-corrected chi connectivity index (χ2v) is 9.52. The molecule has 36 heavy (non-hydrogen) atoms. The average molecular weight is 610 g/mol. The van der Waals surface area contributed by atoms with Crippen molar-refractivity contribution in [3.05, 3.63) is 105 Å². The van der Waals surface area contributed by atoms with Crippen LogP contribution in [-0.4, -0.2) is 24.2 Å². The molecule has 0 spiro atoms. The highest BCUT2D eigenvalue weighted by Gasteiger charge is 2.19. The summed E-state index contributed by atoms with van der Waals surface area (Å²) in [6.45, 7) is 1.87. The predicted molar refractivity (Wildman–Crippen MR) is 148 cm³/mol. The van der Waals surface area contributed by atoms with E-state index in [0.29, 0.717) is 23.5 Å². The van der Waals surface area contributed by atoms with Crippen molar-refractivity contribution in [2.24, 2.45) is 5.10 Å². The van der Waals surface area contributed by atoms with Crippen molar-refractivity contribution >= 4 is 60.7 Å². The number of rotatable bonds is 8. The fourth-order valence-corrected chi connectivity index (χ4v) is 4.25. The standard InChI is InChI=1S/C28H22Br2N2O4/c1-2-24(36-25-16-11-19-5-3-4-6-23(19)26(25)30)27(33)32-31-17-18-7-14-22(15-8-18)35-28(34)20-9-12-21(29)13-10-20/h3-17,24H,2H2,1H3,(H,32,33)/b31-17+. The Kier molecular flexibility index (Phi) is 8.51. The Bertz CT molecular complexity index is 1400. The zero-order valence-electron chi connectivity index (χ0n) is 19.3. The van der Waals surface area contributed by atoms with Gasteiger partial charge in [-0.15, -0.1) is 0 Å². The second kappa shape index (κ2) is 12.0. The van der Waals surface area contributed by atoms with Crippen molar-refractivity contribution in [2.45, 2.75) is 19.4 Å². The van der Waals surface area contributed by atoms with Crippen LogP contribution in [0.1, 0.15) is 29.3 Å². The fraction of sp³-hybridized carbons (Fsp3) is 0.107. The van der Waals surface area contributed by atoms with Gasteiger partial charge in [0.25, 0.3) is 5.91 Å². The maximum absolute atomic E-state index is 12.6. The lowest BCUT2D eigenvalue weighted by molar-refractivity contribution is -0.128. The quantitative estimate of drug-likeness (QED) is 0.102. The molecule has 0 bridgehead atoms. The van der Waals surface area contributed by atoms with Crippen LogP contribution in [0.3, 0.4) is 0 Å². The molecule has 0 radical (unpaired) electrons. The fourth-order valence-electron chi connectivity index (χ4n) is 3.40. The predicted octanol–water partition coefficient (Wildman–Crippen LogP) is 6.89. The second-order valence-electron chi connectivity index (χ2n) is 7.81. The lowest BCUT2D eigenvalue weighted by atomic mass is 10.1. The molecular weight excluding hydrogens is 588 g/mol. The molecule has 0 aliphatic carbocycles. The third-order valence-electron chi connectivity index (χ3n) is 5.32. The van der Waals surface area contributed by atoms with E-state index in [9.17, 15) is 9.59 Å². The maximum atomic E-state index is 12.6. The molecule has 8 heteroatoms. The van der Waals surface area contributed by atoms with Crippen molar-refractivity contribution in [2.75, 3.05) is 0 Å². The number of benzene rings is 4. The van der Waals surface area contributed by atoms with Gasteiger partial charge in [-0.25, -0.2) is 10.2 Å². The van der Waals surface area contributed by atoms with Crippen LogP contribution in [-0.2, 0) is 4.79 Å². The normalized spacial score (nSPS) is 11.9. The van der Waals surface area contributed by atoms with Gasteiger partial charge in [0, 0.05) is 4.47 Å². The largest absolute Gasteiger partial charge is 0.479 e. The van der Waals surface area contributed by atoms with Gasteiger partial charge in [-0.2, -0.15) is 5.10 Å². The number of amides is 1. The Labute approximate surface area is 225 Å². The van der Waals surface area contributed by atoms with Gasteiger partial charge >= 0.3 is 5.97 Å². The van der Waals surface area contributed by atoms with E-state index >= 15 is 0 Å². The Hall–Kier alpha value is -3.49. The molecule has 0 saturated heterocycles. The Morgan fingerprint density at radius 3 is 2.39 bits per heavy atom. The van der Waals surface area contributed by atoms with Gasteiger partial charge in [-0.1, -0.05) is 53.2 Å².